The molecule has 0 aromatic heterocycles. The normalized spacial score (nSPS) is 15.5. The molecule has 1 aromatic carbocycles. The van der Waals surface area contributed by atoms with Crippen molar-refractivity contribution in [1.29, 1.82) is 0 Å². The van der Waals surface area contributed by atoms with Gasteiger partial charge < -0.3 is 15.4 Å². The second-order valence-electron chi connectivity index (χ2n) is 4.89. The zero-order chi connectivity index (χ0) is 13.0. The van der Waals surface area contributed by atoms with Crippen LogP contribution >= 0.6 is 11.6 Å². The molecule has 1 fully saturated rings. The molecule has 0 amide bonds. The Morgan fingerprint density at radius 2 is 2.22 bits per heavy atom. The highest BCUT2D eigenvalue weighted by Gasteiger charge is 2.15. The lowest BCUT2D eigenvalue weighted by molar-refractivity contribution is 0.332. The molecule has 100 valence electrons. The fourth-order valence-electron chi connectivity index (χ4n) is 2.30. The minimum absolute atomic E-state index is 0.784. The molecule has 1 saturated heterocycles. The van der Waals surface area contributed by atoms with E-state index in [0.717, 1.165) is 54.9 Å². The highest BCUT2D eigenvalue weighted by atomic mass is 35.5. The van der Waals surface area contributed by atoms with Gasteiger partial charge in [0, 0.05) is 24.7 Å². The molecular formula is C14H21ClN2O. The highest BCUT2D eigenvalue weighted by Crippen LogP contribution is 2.27. The first-order valence-electron chi connectivity index (χ1n) is 6.45. The molecule has 1 aliphatic heterocycles. The predicted molar refractivity (Wildman–Crippen MR) is 75.7 cm³/mol. The number of ether oxygens (including phenoxy) is 1. The maximum atomic E-state index is 6.09. The van der Waals surface area contributed by atoms with Crippen molar-refractivity contribution in [3.8, 4) is 5.75 Å². The third-order valence-corrected chi connectivity index (χ3v) is 3.61. The van der Waals surface area contributed by atoms with Crippen LogP contribution in [0, 0.1) is 12.8 Å². The first-order chi connectivity index (χ1) is 8.70. The highest BCUT2D eigenvalue weighted by molar-refractivity contribution is 6.30. The Kier molecular flexibility index (Phi) is 4.87. The Balaban J connectivity index is 1.87. The topological polar surface area (TPSA) is 33.3 Å². The van der Waals surface area contributed by atoms with Gasteiger partial charge in [0.2, 0.25) is 0 Å². The van der Waals surface area contributed by atoms with E-state index in [9.17, 15) is 0 Å². The lowest BCUT2D eigenvalue weighted by atomic mass is 10.0. The number of nitrogens with one attached hydrogen (secondary N) is 2. The molecule has 1 aliphatic rings. The van der Waals surface area contributed by atoms with Gasteiger partial charge in [0.25, 0.3) is 0 Å². The van der Waals surface area contributed by atoms with Crippen molar-refractivity contribution in [3.05, 3.63) is 28.3 Å². The van der Waals surface area contributed by atoms with Crippen LogP contribution in [0.1, 0.15) is 11.1 Å². The second kappa shape index (κ2) is 6.41. The fourth-order valence-corrected chi connectivity index (χ4v) is 2.59. The Labute approximate surface area is 114 Å². The molecule has 1 heterocycles. The smallest absolute Gasteiger partial charge is 0.125 e. The monoisotopic (exact) mass is 268 g/mol. The molecule has 0 aliphatic carbocycles. The first kappa shape index (κ1) is 13.7. The summed E-state index contributed by atoms with van der Waals surface area (Å²) in [5.74, 6) is 1.76. The van der Waals surface area contributed by atoms with Crippen LogP contribution < -0.4 is 15.4 Å². The van der Waals surface area contributed by atoms with Gasteiger partial charge in [0.1, 0.15) is 5.75 Å². The summed E-state index contributed by atoms with van der Waals surface area (Å²) in [5.41, 5.74) is 2.28. The lowest BCUT2D eigenvalue weighted by Gasteiger charge is -2.27. The van der Waals surface area contributed by atoms with E-state index in [1.54, 1.807) is 7.11 Å². The summed E-state index contributed by atoms with van der Waals surface area (Å²) in [7, 11) is 1.72. The van der Waals surface area contributed by atoms with Gasteiger partial charge >= 0.3 is 0 Å². The second-order valence-corrected chi connectivity index (χ2v) is 5.33. The zero-order valence-electron chi connectivity index (χ0n) is 11.1. The number of rotatable bonds is 6. The van der Waals surface area contributed by atoms with Crippen molar-refractivity contribution in [3.63, 3.8) is 0 Å². The van der Waals surface area contributed by atoms with E-state index in [1.165, 1.54) is 5.56 Å². The van der Waals surface area contributed by atoms with Crippen molar-refractivity contribution >= 4 is 11.6 Å². The molecule has 3 nitrogen and oxygen atoms in total. The van der Waals surface area contributed by atoms with Crippen LogP contribution in [-0.2, 0) is 6.42 Å². The summed E-state index contributed by atoms with van der Waals surface area (Å²) in [5, 5.41) is 7.55. The van der Waals surface area contributed by atoms with Crippen molar-refractivity contribution in [1.82, 2.24) is 10.6 Å². The van der Waals surface area contributed by atoms with Crippen LogP contribution in [0.25, 0.3) is 0 Å². The quantitative estimate of drug-likeness (QED) is 0.775. The van der Waals surface area contributed by atoms with Crippen LogP contribution in [-0.4, -0.2) is 33.3 Å². The van der Waals surface area contributed by atoms with Gasteiger partial charge in [0.15, 0.2) is 0 Å². The Bertz CT molecular complexity index is 405. The van der Waals surface area contributed by atoms with Crippen molar-refractivity contribution < 1.29 is 4.74 Å². The largest absolute Gasteiger partial charge is 0.496 e. The van der Waals surface area contributed by atoms with Crippen LogP contribution in [0.2, 0.25) is 5.02 Å². The predicted octanol–water partition coefficient (Wildman–Crippen LogP) is 2.01. The summed E-state index contributed by atoms with van der Waals surface area (Å²) in [6.07, 6.45) is 0.949. The molecule has 0 bridgehead atoms. The maximum absolute atomic E-state index is 6.09. The van der Waals surface area contributed by atoms with E-state index in [-0.39, 0.29) is 0 Å². The number of benzene rings is 1. The number of methoxy groups -OCH3 is 1. The van der Waals surface area contributed by atoms with Gasteiger partial charge in [-0.3, -0.25) is 0 Å². The number of hydrogen-bond donors (Lipinski definition) is 2. The van der Waals surface area contributed by atoms with Gasteiger partial charge in [0.05, 0.1) is 7.11 Å². The molecule has 4 heteroatoms. The number of halogens is 1. The standard InChI is InChI=1S/C14H21ClN2O/c1-10-5-13(15)6-12(14(10)18-2)3-4-16-7-11-8-17-9-11/h5-6,11,16-17H,3-4,7-9H2,1-2H3. The molecule has 0 unspecified atom stereocenters. The average Bonchev–Trinajstić information content (AvgIpc) is 2.25. The van der Waals surface area contributed by atoms with Gasteiger partial charge in [-0.25, -0.2) is 0 Å². The third-order valence-electron chi connectivity index (χ3n) is 3.39. The minimum Gasteiger partial charge on any atom is -0.496 e. The summed E-state index contributed by atoms with van der Waals surface area (Å²) >= 11 is 6.09. The summed E-state index contributed by atoms with van der Waals surface area (Å²) in [4.78, 5) is 0. The molecule has 0 radical (unpaired) electrons. The lowest BCUT2D eigenvalue weighted by Crippen LogP contribution is -2.47. The van der Waals surface area contributed by atoms with Gasteiger partial charge in [-0.15, -0.1) is 0 Å². The molecule has 0 spiro atoms. The van der Waals surface area contributed by atoms with Gasteiger partial charge in [-0.2, -0.15) is 0 Å². The Hall–Kier alpha value is -0.770. The number of hydrogen-bond acceptors (Lipinski definition) is 3. The average molecular weight is 269 g/mol. The van der Waals surface area contributed by atoms with Crippen molar-refractivity contribution in [2.75, 3.05) is 33.3 Å². The first-order valence-corrected chi connectivity index (χ1v) is 6.83. The van der Waals surface area contributed by atoms with Crippen LogP contribution in [0.3, 0.4) is 0 Å². The van der Waals surface area contributed by atoms with Gasteiger partial charge in [-0.05, 0) is 49.1 Å². The molecular weight excluding hydrogens is 248 g/mol. The van der Waals surface area contributed by atoms with Crippen molar-refractivity contribution in [2.24, 2.45) is 5.92 Å². The van der Waals surface area contributed by atoms with E-state index in [0.29, 0.717) is 0 Å². The SMILES string of the molecule is COc1c(C)cc(Cl)cc1CCNCC1CNC1. The van der Waals surface area contributed by atoms with Gasteiger partial charge in [-0.1, -0.05) is 11.6 Å². The fraction of sp³-hybridized carbons (Fsp3) is 0.571. The van der Waals surface area contributed by atoms with Crippen LogP contribution in [0.5, 0.6) is 5.75 Å². The third kappa shape index (κ3) is 3.37. The van der Waals surface area contributed by atoms with E-state index in [2.05, 4.69) is 10.6 Å². The minimum atomic E-state index is 0.784. The molecule has 2 rings (SSSR count). The zero-order valence-corrected chi connectivity index (χ0v) is 11.8. The Morgan fingerprint density at radius 1 is 1.44 bits per heavy atom. The molecule has 2 N–H and O–H groups in total. The summed E-state index contributed by atoms with van der Waals surface area (Å²) in [6, 6.07) is 3.94. The summed E-state index contributed by atoms with van der Waals surface area (Å²) in [6.45, 7) is 6.38. The van der Waals surface area contributed by atoms with Crippen LogP contribution in [0.4, 0.5) is 0 Å². The Morgan fingerprint density at radius 3 is 2.83 bits per heavy atom. The molecule has 18 heavy (non-hydrogen) atoms. The van der Waals surface area contributed by atoms with E-state index in [1.807, 2.05) is 19.1 Å². The molecule has 0 atom stereocenters. The molecule has 1 aromatic rings. The van der Waals surface area contributed by atoms with E-state index < -0.39 is 0 Å². The van der Waals surface area contributed by atoms with Crippen molar-refractivity contribution in [2.45, 2.75) is 13.3 Å². The maximum Gasteiger partial charge on any atom is 0.125 e. The van der Waals surface area contributed by atoms with E-state index in [4.69, 9.17) is 16.3 Å². The van der Waals surface area contributed by atoms with E-state index >= 15 is 0 Å². The summed E-state index contributed by atoms with van der Waals surface area (Å²) < 4.78 is 5.45. The van der Waals surface area contributed by atoms with Crippen LogP contribution in [0.15, 0.2) is 12.1 Å². The molecule has 0 saturated carbocycles. The number of aryl methyl sites for hydroxylation is 1.